The second-order valence-corrected chi connectivity index (χ2v) is 2.08. The highest BCUT2D eigenvalue weighted by Crippen LogP contribution is 2.21. The largest absolute Gasteiger partial charge is 0.350 e. The van der Waals surface area contributed by atoms with Crippen molar-refractivity contribution in [2.24, 2.45) is 0 Å². The first kappa shape index (κ1) is 6.05. The van der Waals surface area contributed by atoms with Gasteiger partial charge in [-0.2, -0.15) is 0 Å². The molecule has 1 heterocycles. The standard InChI is InChI=1S/C6H12O2/c1-3-4-7-6-5(2)8-6/h5-6H,3-4H2,1-2H3. The van der Waals surface area contributed by atoms with Crippen molar-refractivity contribution in [2.45, 2.75) is 32.7 Å². The molecule has 0 aromatic heterocycles. The van der Waals surface area contributed by atoms with E-state index in [4.69, 9.17) is 9.47 Å². The highest BCUT2D eigenvalue weighted by Gasteiger charge is 2.34. The van der Waals surface area contributed by atoms with Crippen molar-refractivity contribution in [3.05, 3.63) is 0 Å². The van der Waals surface area contributed by atoms with Crippen molar-refractivity contribution in [3.8, 4) is 0 Å². The van der Waals surface area contributed by atoms with E-state index in [1.54, 1.807) is 0 Å². The minimum atomic E-state index is 0.120. The molecule has 0 bridgehead atoms. The van der Waals surface area contributed by atoms with Gasteiger partial charge in [-0.1, -0.05) is 6.92 Å². The fourth-order valence-corrected chi connectivity index (χ4v) is 0.575. The molecule has 2 atom stereocenters. The van der Waals surface area contributed by atoms with Crippen LogP contribution in [-0.4, -0.2) is 19.0 Å². The van der Waals surface area contributed by atoms with Gasteiger partial charge in [-0.05, 0) is 13.3 Å². The van der Waals surface area contributed by atoms with Crippen LogP contribution in [0.1, 0.15) is 20.3 Å². The van der Waals surface area contributed by atoms with Crippen LogP contribution in [0.2, 0.25) is 0 Å². The Morgan fingerprint density at radius 1 is 1.62 bits per heavy atom. The molecule has 0 aromatic rings. The summed E-state index contributed by atoms with van der Waals surface area (Å²) in [6.45, 7) is 4.93. The monoisotopic (exact) mass is 116 g/mol. The zero-order chi connectivity index (χ0) is 5.98. The number of rotatable bonds is 3. The van der Waals surface area contributed by atoms with Crippen LogP contribution in [0.3, 0.4) is 0 Å². The van der Waals surface area contributed by atoms with Gasteiger partial charge in [-0.3, -0.25) is 0 Å². The molecule has 0 spiro atoms. The Morgan fingerprint density at radius 3 is 2.62 bits per heavy atom. The minimum Gasteiger partial charge on any atom is -0.350 e. The number of hydrogen-bond donors (Lipinski definition) is 0. The molecule has 2 nitrogen and oxygen atoms in total. The van der Waals surface area contributed by atoms with E-state index in [-0.39, 0.29) is 6.29 Å². The molecular formula is C6H12O2. The van der Waals surface area contributed by atoms with Gasteiger partial charge in [0.05, 0.1) is 0 Å². The van der Waals surface area contributed by atoms with Crippen molar-refractivity contribution in [3.63, 3.8) is 0 Å². The first-order chi connectivity index (χ1) is 3.84. The molecular weight excluding hydrogens is 104 g/mol. The summed E-state index contributed by atoms with van der Waals surface area (Å²) in [5, 5.41) is 0. The summed E-state index contributed by atoms with van der Waals surface area (Å²) in [6.07, 6.45) is 1.54. The van der Waals surface area contributed by atoms with Crippen molar-refractivity contribution >= 4 is 0 Å². The van der Waals surface area contributed by atoms with Crippen molar-refractivity contribution in [1.29, 1.82) is 0 Å². The maximum atomic E-state index is 5.19. The van der Waals surface area contributed by atoms with Gasteiger partial charge in [0.2, 0.25) is 0 Å². The van der Waals surface area contributed by atoms with E-state index in [1.807, 2.05) is 6.92 Å². The molecule has 0 aliphatic carbocycles. The van der Waals surface area contributed by atoms with Crippen LogP contribution in [0.5, 0.6) is 0 Å². The summed E-state index contributed by atoms with van der Waals surface area (Å²) >= 11 is 0. The molecule has 0 aromatic carbocycles. The topological polar surface area (TPSA) is 21.8 Å². The Hall–Kier alpha value is -0.0800. The highest BCUT2D eigenvalue weighted by molar-refractivity contribution is 4.69. The maximum Gasteiger partial charge on any atom is 0.184 e. The van der Waals surface area contributed by atoms with Gasteiger partial charge in [0.15, 0.2) is 6.29 Å². The van der Waals surface area contributed by atoms with E-state index >= 15 is 0 Å². The van der Waals surface area contributed by atoms with Crippen LogP contribution >= 0.6 is 0 Å². The maximum absolute atomic E-state index is 5.19. The van der Waals surface area contributed by atoms with Gasteiger partial charge in [0.1, 0.15) is 6.10 Å². The number of hydrogen-bond acceptors (Lipinski definition) is 2. The smallest absolute Gasteiger partial charge is 0.184 e. The first-order valence-electron chi connectivity index (χ1n) is 3.11. The average Bonchev–Trinajstić information content (AvgIpc) is 2.42. The summed E-state index contributed by atoms with van der Waals surface area (Å²) in [5.41, 5.74) is 0. The molecule has 0 saturated carbocycles. The summed E-state index contributed by atoms with van der Waals surface area (Å²) in [4.78, 5) is 0. The number of ether oxygens (including phenoxy) is 2. The van der Waals surface area contributed by atoms with E-state index in [2.05, 4.69) is 6.92 Å². The molecule has 2 heteroatoms. The summed E-state index contributed by atoms with van der Waals surface area (Å²) in [5.74, 6) is 0. The highest BCUT2D eigenvalue weighted by atomic mass is 16.8. The van der Waals surface area contributed by atoms with Crippen molar-refractivity contribution < 1.29 is 9.47 Å². The van der Waals surface area contributed by atoms with Crippen LogP contribution in [0.4, 0.5) is 0 Å². The van der Waals surface area contributed by atoms with E-state index in [0.29, 0.717) is 6.10 Å². The lowest BCUT2D eigenvalue weighted by molar-refractivity contribution is 0.0507. The fourth-order valence-electron chi connectivity index (χ4n) is 0.575. The van der Waals surface area contributed by atoms with Crippen LogP contribution in [0, 0.1) is 0 Å². The van der Waals surface area contributed by atoms with E-state index < -0.39 is 0 Å². The second kappa shape index (κ2) is 2.46. The fraction of sp³-hybridized carbons (Fsp3) is 1.00. The zero-order valence-corrected chi connectivity index (χ0v) is 5.39. The molecule has 1 aliphatic rings. The Morgan fingerprint density at radius 2 is 2.25 bits per heavy atom. The second-order valence-electron chi connectivity index (χ2n) is 2.08. The van der Waals surface area contributed by atoms with Gasteiger partial charge in [0.25, 0.3) is 0 Å². The lowest BCUT2D eigenvalue weighted by atomic mass is 10.5. The van der Waals surface area contributed by atoms with Crippen LogP contribution in [-0.2, 0) is 9.47 Å². The minimum absolute atomic E-state index is 0.120. The molecule has 2 unspecified atom stereocenters. The Kier molecular flexibility index (Phi) is 1.86. The molecule has 0 radical (unpaired) electrons. The Balaban J connectivity index is 1.89. The molecule has 1 fully saturated rings. The van der Waals surface area contributed by atoms with Crippen molar-refractivity contribution in [2.75, 3.05) is 6.61 Å². The number of epoxide rings is 1. The van der Waals surface area contributed by atoms with Gasteiger partial charge < -0.3 is 9.47 Å². The van der Waals surface area contributed by atoms with Gasteiger partial charge in [-0.15, -0.1) is 0 Å². The zero-order valence-electron chi connectivity index (χ0n) is 5.39. The molecule has 1 rings (SSSR count). The molecule has 8 heavy (non-hydrogen) atoms. The molecule has 0 amide bonds. The van der Waals surface area contributed by atoms with Gasteiger partial charge in [0, 0.05) is 6.61 Å². The van der Waals surface area contributed by atoms with Crippen LogP contribution in [0.25, 0.3) is 0 Å². The third-order valence-electron chi connectivity index (χ3n) is 1.14. The van der Waals surface area contributed by atoms with Gasteiger partial charge >= 0.3 is 0 Å². The molecule has 0 N–H and O–H groups in total. The van der Waals surface area contributed by atoms with E-state index in [0.717, 1.165) is 13.0 Å². The Labute approximate surface area is 49.8 Å². The first-order valence-corrected chi connectivity index (χ1v) is 3.11. The van der Waals surface area contributed by atoms with Crippen LogP contribution < -0.4 is 0 Å². The van der Waals surface area contributed by atoms with Crippen molar-refractivity contribution in [1.82, 2.24) is 0 Å². The molecule has 48 valence electrons. The summed E-state index contributed by atoms with van der Waals surface area (Å²) in [6, 6.07) is 0. The normalized spacial score (nSPS) is 35.2. The van der Waals surface area contributed by atoms with E-state index in [1.165, 1.54) is 0 Å². The van der Waals surface area contributed by atoms with Crippen LogP contribution in [0.15, 0.2) is 0 Å². The molecule has 1 saturated heterocycles. The third kappa shape index (κ3) is 1.46. The summed E-state index contributed by atoms with van der Waals surface area (Å²) in [7, 11) is 0. The SMILES string of the molecule is CCCOC1OC1C. The third-order valence-corrected chi connectivity index (χ3v) is 1.14. The molecule has 1 aliphatic heterocycles. The lowest BCUT2D eigenvalue weighted by Gasteiger charge is -1.92. The lowest BCUT2D eigenvalue weighted by Crippen LogP contribution is -1.97. The predicted octanol–water partition coefficient (Wildman–Crippen LogP) is 1.16. The quantitative estimate of drug-likeness (QED) is 0.516. The van der Waals surface area contributed by atoms with E-state index in [9.17, 15) is 0 Å². The predicted molar refractivity (Wildman–Crippen MR) is 30.6 cm³/mol. The van der Waals surface area contributed by atoms with Gasteiger partial charge in [-0.25, -0.2) is 0 Å². The average molecular weight is 116 g/mol. The Bertz CT molecular complexity index is 72.9. The summed E-state index contributed by atoms with van der Waals surface area (Å²) < 4.78 is 10.2.